The molecular weight excluding hydrogens is 309 g/mol. The molecule has 1 fully saturated rings. The number of carbonyl (C=O) groups excluding carboxylic acids is 2. The molecule has 1 aliphatic rings. The van der Waals surface area contributed by atoms with Crippen LogP contribution in [0.3, 0.4) is 0 Å². The Morgan fingerprint density at radius 1 is 1.25 bits per heavy atom. The lowest BCUT2D eigenvalue weighted by Gasteiger charge is -2.27. The van der Waals surface area contributed by atoms with Crippen molar-refractivity contribution < 1.29 is 14.0 Å². The molecule has 0 aromatic heterocycles. The van der Waals surface area contributed by atoms with Crippen molar-refractivity contribution in [3.05, 3.63) is 30.1 Å². The summed E-state index contributed by atoms with van der Waals surface area (Å²) in [6.45, 7) is 6.68. The van der Waals surface area contributed by atoms with Crippen LogP contribution in [0.25, 0.3) is 0 Å². The van der Waals surface area contributed by atoms with Gasteiger partial charge in [-0.15, -0.1) is 0 Å². The largest absolute Gasteiger partial charge is 0.341 e. The van der Waals surface area contributed by atoms with Gasteiger partial charge in [-0.05, 0) is 38.0 Å². The summed E-state index contributed by atoms with van der Waals surface area (Å²) in [4.78, 5) is 28.4. The molecule has 1 N–H and O–H groups in total. The summed E-state index contributed by atoms with van der Waals surface area (Å²) in [6, 6.07) is 5.56. The molecule has 0 unspecified atom stereocenters. The van der Waals surface area contributed by atoms with Crippen molar-refractivity contribution in [2.24, 2.45) is 0 Å². The van der Waals surface area contributed by atoms with Crippen molar-refractivity contribution in [3.8, 4) is 0 Å². The second-order valence-corrected chi connectivity index (χ2v) is 6.20. The van der Waals surface area contributed by atoms with Crippen LogP contribution in [-0.4, -0.2) is 53.8 Å². The highest BCUT2D eigenvalue weighted by atomic mass is 19.1. The second kappa shape index (κ2) is 8.78. The van der Waals surface area contributed by atoms with Gasteiger partial charge in [0.2, 0.25) is 11.8 Å². The van der Waals surface area contributed by atoms with Crippen LogP contribution in [0.2, 0.25) is 0 Å². The van der Waals surface area contributed by atoms with E-state index < -0.39 is 0 Å². The zero-order chi connectivity index (χ0) is 17.5. The molecule has 5 nitrogen and oxygen atoms in total. The first-order valence-corrected chi connectivity index (χ1v) is 8.59. The van der Waals surface area contributed by atoms with E-state index >= 15 is 0 Å². The van der Waals surface area contributed by atoms with Crippen molar-refractivity contribution in [3.63, 3.8) is 0 Å². The van der Waals surface area contributed by atoms with Gasteiger partial charge in [-0.3, -0.25) is 14.5 Å². The van der Waals surface area contributed by atoms with E-state index in [0.29, 0.717) is 25.2 Å². The average molecular weight is 335 g/mol. The normalized spacial score (nSPS) is 17.2. The number of rotatable bonds is 5. The lowest BCUT2D eigenvalue weighted by molar-refractivity contribution is -0.131. The third-order valence-electron chi connectivity index (χ3n) is 4.37. The number of carbonyl (C=O) groups is 2. The maximum absolute atomic E-state index is 13.2. The molecule has 6 heteroatoms. The summed E-state index contributed by atoms with van der Waals surface area (Å²) in [6.07, 6.45) is 2.29. The molecule has 0 aliphatic carbocycles. The molecule has 1 saturated heterocycles. The molecule has 132 valence electrons. The minimum atomic E-state index is -0.375. The first kappa shape index (κ1) is 18.4. The first-order valence-electron chi connectivity index (χ1n) is 8.59. The summed E-state index contributed by atoms with van der Waals surface area (Å²) >= 11 is 0. The van der Waals surface area contributed by atoms with Gasteiger partial charge in [0, 0.05) is 38.3 Å². The fourth-order valence-corrected chi connectivity index (χ4v) is 2.92. The molecule has 24 heavy (non-hydrogen) atoms. The van der Waals surface area contributed by atoms with E-state index in [0.717, 1.165) is 25.9 Å². The van der Waals surface area contributed by atoms with Gasteiger partial charge < -0.3 is 10.2 Å². The zero-order valence-electron chi connectivity index (χ0n) is 14.4. The fourth-order valence-electron chi connectivity index (χ4n) is 2.92. The molecule has 2 rings (SSSR count). The number of anilines is 1. The van der Waals surface area contributed by atoms with E-state index in [1.165, 1.54) is 12.1 Å². The van der Waals surface area contributed by atoms with Crippen LogP contribution in [0, 0.1) is 5.82 Å². The van der Waals surface area contributed by atoms with Gasteiger partial charge in [0.05, 0.1) is 6.04 Å². The number of nitrogens with one attached hydrogen (secondary N) is 1. The highest BCUT2D eigenvalue weighted by Crippen LogP contribution is 2.13. The summed E-state index contributed by atoms with van der Waals surface area (Å²) in [5, 5.41) is 2.75. The fraction of sp³-hybridized carbons (Fsp3) is 0.556. The Bertz CT molecular complexity index is 579. The van der Waals surface area contributed by atoms with Crippen molar-refractivity contribution in [2.45, 2.75) is 39.2 Å². The first-order chi connectivity index (χ1) is 11.5. The molecular formula is C18H26FN3O2. The van der Waals surface area contributed by atoms with Crippen molar-refractivity contribution in [2.75, 3.05) is 31.5 Å². The summed E-state index contributed by atoms with van der Waals surface area (Å²) in [5.74, 6) is -0.342. The third kappa shape index (κ3) is 5.03. The molecule has 0 bridgehead atoms. The smallest absolute Gasteiger partial charge is 0.241 e. The number of benzene rings is 1. The lowest BCUT2D eigenvalue weighted by Crippen LogP contribution is -2.44. The van der Waals surface area contributed by atoms with Gasteiger partial charge in [-0.2, -0.15) is 0 Å². The van der Waals surface area contributed by atoms with E-state index in [-0.39, 0.29) is 23.7 Å². The predicted molar refractivity (Wildman–Crippen MR) is 92.2 cm³/mol. The molecule has 1 atom stereocenters. The van der Waals surface area contributed by atoms with Gasteiger partial charge in [0.25, 0.3) is 0 Å². The molecule has 1 aliphatic heterocycles. The van der Waals surface area contributed by atoms with Crippen LogP contribution >= 0.6 is 0 Å². The number of hydrogen-bond donors (Lipinski definition) is 1. The molecule has 1 heterocycles. The highest BCUT2D eigenvalue weighted by molar-refractivity contribution is 5.94. The monoisotopic (exact) mass is 335 g/mol. The molecule has 1 aromatic carbocycles. The Kier molecular flexibility index (Phi) is 6.73. The Labute approximate surface area is 142 Å². The second-order valence-electron chi connectivity index (χ2n) is 6.20. The molecule has 0 radical (unpaired) electrons. The topological polar surface area (TPSA) is 52.7 Å². The van der Waals surface area contributed by atoms with E-state index in [1.54, 1.807) is 12.1 Å². The van der Waals surface area contributed by atoms with Gasteiger partial charge in [0.1, 0.15) is 5.82 Å². The molecule has 0 spiro atoms. The average Bonchev–Trinajstić information content (AvgIpc) is 2.80. The van der Waals surface area contributed by atoms with Gasteiger partial charge in [-0.1, -0.05) is 13.0 Å². The van der Waals surface area contributed by atoms with Gasteiger partial charge >= 0.3 is 0 Å². The van der Waals surface area contributed by atoms with E-state index in [2.05, 4.69) is 10.2 Å². The van der Waals surface area contributed by atoms with Crippen LogP contribution in [-0.2, 0) is 9.59 Å². The van der Waals surface area contributed by atoms with Crippen molar-refractivity contribution in [1.29, 1.82) is 0 Å². The number of nitrogens with zero attached hydrogens (tertiary/aromatic N) is 2. The van der Waals surface area contributed by atoms with E-state index in [1.807, 2.05) is 18.7 Å². The minimum Gasteiger partial charge on any atom is -0.341 e. The van der Waals surface area contributed by atoms with Gasteiger partial charge in [0.15, 0.2) is 0 Å². The molecule has 0 saturated carbocycles. The number of halogens is 1. The maximum atomic E-state index is 13.2. The maximum Gasteiger partial charge on any atom is 0.241 e. The predicted octanol–water partition coefficient (Wildman–Crippen LogP) is 2.49. The van der Waals surface area contributed by atoms with Crippen LogP contribution in [0.4, 0.5) is 10.1 Å². The lowest BCUT2D eigenvalue weighted by atomic mass is 10.2. The van der Waals surface area contributed by atoms with Crippen molar-refractivity contribution >= 4 is 17.5 Å². The van der Waals surface area contributed by atoms with Crippen molar-refractivity contribution in [1.82, 2.24) is 9.80 Å². The number of hydrogen-bond acceptors (Lipinski definition) is 3. The van der Waals surface area contributed by atoms with Crippen LogP contribution in [0.5, 0.6) is 0 Å². The standard InChI is InChI=1S/C18H26FN3O2/c1-3-6-17(23)22-10-5-9-21(11-12-22)14(2)18(24)20-16-8-4-7-15(19)13-16/h4,7-8,13-14H,3,5-6,9-12H2,1-2H3,(H,20,24)/t14-/m0/s1. The van der Waals surface area contributed by atoms with Crippen LogP contribution in [0.1, 0.15) is 33.1 Å². The summed E-state index contributed by atoms with van der Waals surface area (Å²) in [5.41, 5.74) is 0.460. The SMILES string of the molecule is CCCC(=O)N1CCCN([C@@H](C)C(=O)Nc2cccc(F)c2)CC1. The Morgan fingerprint density at radius 3 is 2.75 bits per heavy atom. The highest BCUT2D eigenvalue weighted by Gasteiger charge is 2.25. The number of amides is 2. The van der Waals surface area contributed by atoms with E-state index in [4.69, 9.17) is 0 Å². The Morgan fingerprint density at radius 2 is 2.04 bits per heavy atom. The molecule has 2 amide bonds. The minimum absolute atomic E-state index is 0.158. The molecule has 1 aromatic rings. The Hall–Kier alpha value is -1.95. The van der Waals surface area contributed by atoms with E-state index in [9.17, 15) is 14.0 Å². The van der Waals surface area contributed by atoms with Crippen LogP contribution in [0.15, 0.2) is 24.3 Å². The quantitative estimate of drug-likeness (QED) is 0.899. The van der Waals surface area contributed by atoms with Crippen LogP contribution < -0.4 is 5.32 Å². The van der Waals surface area contributed by atoms with Gasteiger partial charge in [-0.25, -0.2) is 4.39 Å². The summed E-state index contributed by atoms with van der Waals surface area (Å²) < 4.78 is 13.2. The third-order valence-corrected chi connectivity index (χ3v) is 4.37. The summed E-state index contributed by atoms with van der Waals surface area (Å²) in [7, 11) is 0. The Balaban J connectivity index is 1.90. The zero-order valence-corrected chi connectivity index (χ0v) is 14.4.